The molecule has 0 saturated carbocycles. The third-order valence-corrected chi connectivity index (χ3v) is 5.07. The highest BCUT2D eigenvalue weighted by molar-refractivity contribution is 7.80. The number of hydrogen-bond donors (Lipinski definition) is 2. The molecule has 3 rings (SSSR count). The second-order valence-corrected chi connectivity index (χ2v) is 7.28. The third kappa shape index (κ3) is 4.34. The summed E-state index contributed by atoms with van der Waals surface area (Å²) in [6.45, 7) is 1.94. The zero-order chi connectivity index (χ0) is 17.8. The highest BCUT2D eigenvalue weighted by atomic mass is 35.5. The molecule has 2 aromatic carbocycles. The highest BCUT2D eigenvalue weighted by Crippen LogP contribution is 2.35. The molecule has 1 amide bonds. The number of hydrogen-bond acceptors (Lipinski definition) is 4. The van der Waals surface area contributed by atoms with Crippen molar-refractivity contribution in [1.82, 2.24) is 10.3 Å². The molecular formula is C18H16ClN3OS2. The van der Waals surface area contributed by atoms with Crippen LogP contribution in [0.15, 0.2) is 42.5 Å². The Hall–Kier alpha value is -2.02. The number of amides is 1. The zero-order valence-electron chi connectivity index (χ0n) is 13.5. The van der Waals surface area contributed by atoms with Gasteiger partial charge in [-0.05, 0) is 49.0 Å². The van der Waals surface area contributed by atoms with Crippen LogP contribution in [0.3, 0.4) is 0 Å². The molecule has 0 fully saturated rings. The van der Waals surface area contributed by atoms with Gasteiger partial charge in [-0.3, -0.25) is 4.79 Å². The number of nitrogens with one attached hydrogen (secondary N) is 2. The Morgan fingerprint density at radius 2 is 2.08 bits per heavy atom. The van der Waals surface area contributed by atoms with Crippen LogP contribution in [0.25, 0.3) is 20.8 Å². The third-order valence-electron chi connectivity index (χ3n) is 3.48. The first-order valence-corrected chi connectivity index (χ1v) is 9.43. The second-order valence-electron chi connectivity index (χ2n) is 5.43. The lowest BCUT2D eigenvalue weighted by molar-refractivity contribution is -0.119. The number of aromatic nitrogens is 1. The number of benzene rings is 2. The van der Waals surface area contributed by atoms with E-state index in [9.17, 15) is 4.79 Å². The van der Waals surface area contributed by atoms with Crippen molar-refractivity contribution in [3.05, 3.63) is 47.5 Å². The number of carbonyl (C=O) groups is 1. The molecule has 0 radical (unpaired) electrons. The number of halogens is 1. The van der Waals surface area contributed by atoms with E-state index in [1.165, 1.54) is 0 Å². The van der Waals surface area contributed by atoms with Crippen molar-refractivity contribution in [3.8, 4) is 10.6 Å². The second kappa shape index (κ2) is 7.91. The molecule has 2 N–H and O–H groups in total. The van der Waals surface area contributed by atoms with Crippen LogP contribution in [0.1, 0.15) is 19.8 Å². The maximum absolute atomic E-state index is 11.6. The Kier molecular flexibility index (Phi) is 5.63. The predicted molar refractivity (Wildman–Crippen MR) is 109 cm³/mol. The van der Waals surface area contributed by atoms with Crippen molar-refractivity contribution >= 4 is 62.1 Å². The van der Waals surface area contributed by atoms with Gasteiger partial charge in [0.1, 0.15) is 5.01 Å². The molecule has 0 saturated heterocycles. The van der Waals surface area contributed by atoms with Gasteiger partial charge in [-0.2, -0.15) is 0 Å². The molecule has 0 atom stereocenters. The summed E-state index contributed by atoms with van der Waals surface area (Å²) in [5.74, 6) is -0.0998. The van der Waals surface area contributed by atoms with Crippen molar-refractivity contribution < 1.29 is 4.79 Å². The van der Waals surface area contributed by atoms with Crippen LogP contribution >= 0.6 is 35.2 Å². The Balaban J connectivity index is 1.76. The topological polar surface area (TPSA) is 54.0 Å². The number of carbonyl (C=O) groups excluding carboxylic acids is 1. The minimum Gasteiger partial charge on any atom is -0.332 e. The molecule has 0 aliphatic rings. The van der Waals surface area contributed by atoms with Crippen LogP contribution in [0, 0.1) is 0 Å². The number of nitrogens with zero attached hydrogens (tertiary/aromatic N) is 1. The van der Waals surface area contributed by atoms with E-state index in [0.29, 0.717) is 11.4 Å². The number of para-hydroxylation sites is 1. The average molecular weight is 390 g/mol. The normalized spacial score (nSPS) is 10.6. The molecule has 1 aromatic heterocycles. The smallest absolute Gasteiger partial charge is 0.226 e. The van der Waals surface area contributed by atoms with Gasteiger partial charge >= 0.3 is 0 Å². The van der Waals surface area contributed by atoms with Gasteiger partial charge in [-0.15, -0.1) is 11.3 Å². The van der Waals surface area contributed by atoms with E-state index < -0.39 is 0 Å². The fourth-order valence-electron chi connectivity index (χ4n) is 2.33. The summed E-state index contributed by atoms with van der Waals surface area (Å²) < 4.78 is 1.12. The van der Waals surface area contributed by atoms with E-state index in [4.69, 9.17) is 23.8 Å². The lowest BCUT2D eigenvalue weighted by Gasteiger charge is -2.10. The Morgan fingerprint density at radius 1 is 1.28 bits per heavy atom. The number of fused-ring (bicyclic) bond motifs is 1. The summed E-state index contributed by atoms with van der Waals surface area (Å²) in [5.41, 5.74) is 2.55. The molecule has 1 heterocycles. The van der Waals surface area contributed by atoms with Gasteiger partial charge in [0.2, 0.25) is 5.91 Å². The van der Waals surface area contributed by atoms with Gasteiger partial charge in [0.05, 0.1) is 15.2 Å². The number of anilines is 1. The summed E-state index contributed by atoms with van der Waals surface area (Å²) in [6.07, 6.45) is 1.22. The van der Waals surface area contributed by atoms with E-state index in [2.05, 4.69) is 15.6 Å². The maximum Gasteiger partial charge on any atom is 0.226 e. The van der Waals surface area contributed by atoms with Gasteiger partial charge < -0.3 is 10.6 Å². The fourth-order valence-corrected chi connectivity index (χ4v) is 3.90. The van der Waals surface area contributed by atoms with E-state index in [1.807, 2.05) is 43.3 Å². The molecule has 0 aliphatic carbocycles. The van der Waals surface area contributed by atoms with Gasteiger partial charge in [0.15, 0.2) is 5.11 Å². The van der Waals surface area contributed by atoms with E-state index in [-0.39, 0.29) is 11.0 Å². The minimum atomic E-state index is -0.0998. The zero-order valence-corrected chi connectivity index (χ0v) is 15.9. The summed E-state index contributed by atoms with van der Waals surface area (Å²) in [6, 6.07) is 13.5. The van der Waals surface area contributed by atoms with Crippen molar-refractivity contribution in [2.24, 2.45) is 0 Å². The molecule has 0 bridgehead atoms. The van der Waals surface area contributed by atoms with E-state index in [1.54, 1.807) is 17.4 Å². The van der Waals surface area contributed by atoms with Crippen molar-refractivity contribution in [1.29, 1.82) is 0 Å². The van der Waals surface area contributed by atoms with Crippen molar-refractivity contribution in [2.75, 3.05) is 5.32 Å². The van der Waals surface area contributed by atoms with Gasteiger partial charge in [0, 0.05) is 17.7 Å². The van der Waals surface area contributed by atoms with E-state index >= 15 is 0 Å². The summed E-state index contributed by atoms with van der Waals surface area (Å²) in [5, 5.41) is 7.33. The number of thiocarbonyl (C=S) groups is 1. The first-order valence-electron chi connectivity index (χ1n) is 7.83. The summed E-state index contributed by atoms with van der Waals surface area (Å²) in [7, 11) is 0. The molecule has 0 spiro atoms. The molecule has 7 heteroatoms. The van der Waals surface area contributed by atoms with Crippen LogP contribution in [0.4, 0.5) is 5.69 Å². The Bertz CT molecular complexity index is 906. The fraction of sp³-hybridized carbons (Fsp3) is 0.167. The van der Waals surface area contributed by atoms with Crippen LogP contribution in [-0.2, 0) is 4.79 Å². The minimum absolute atomic E-state index is 0.0998. The van der Waals surface area contributed by atoms with E-state index in [0.717, 1.165) is 32.9 Å². The summed E-state index contributed by atoms with van der Waals surface area (Å²) >= 11 is 13.2. The molecule has 4 nitrogen and oxygen atoms in total. The quantitative estimate of drug-likeness (QED) is 0.600. The Morgan fingerprint density at radius 3 is 2.80 bits per heavy atom. The van der Waals surface area contributed by atoms with Gasteiger partial charge in [-0.1, -0.05) is 30.7 Å². The van der Waals surface area contributed by atoms with Crippen molar-refractivity contribution in [2.45, 2.75) is 19.8 Å². The van der Waals surface area contributed by atoms with Crippen LogP contribution in [-0.4, -0.2) is 16.0 Å². The van der Waals surface area contributed by atoms with Crippen LogP contribution < -0.4 is 10.6 Å². The largest absolute Gasteiger partial charge is 0.332 e. The number of thiazole rings is 1. The first-order chi connectivity index (χ1) is 12.1. The van der Waals surface area contributed by atoms with Crippen LogP contribution in [0.2, 0.25) is 5.02 Å². The van der Waals surface area contributed by atoms with Crippen LogP contribution in [0.5, 0.6) is 0 Å². The highest BCUT2D eigenvalue weighted by Gasteiger charge is 2.11. The molecule has 0 aliphatic heterocycles. The van der Waals surface area contributed by atoms with Gasteiger partial charge in [0.25, 0.3) is 0 Å². The monoisotopic (exact) mass is 389 g/mol. The maximum atomic E-state index is 11.6. The molecule has 128 valence electrons. The first kappa shape index (κ1) is 17.8. The van der Waals surface area contributed by atoms with Gasteiger partial charge in [-0.25, -0.2) is 4.98 Å². The Labute approximate surface area is 160 Å². The molecular weight excluding hydrogens is 374 g/mol. The standard InChI is InChI=1S/C18H16ClN3OS2/c1-2-5-16(23)22-18(24)20-11-8-9-12(13(19)10-11)17-21-14-6-3-4-7-15(14)25-17/h3-4,6-10H,2,5H2,1H3,(H2,20,22,23,24). The predicted octanol–water partition coefficient (Wildman–Crippen LogP) is 5.23. The lowest BCUT2D eigenvalue weighted by Crippen LogP contribution is -2.33. The molecule has 25 heavy (non-hydrogen) atoms. The van der Waals surface area contributed by atoms with Crippen molar-refractivity contribution in [3.63, 3.8) is 0 Å². The lowest BCUT2D eigenvalue weighted by atomic mass is 10.2. The summed E-state index contributed by atoms with van der Waals surface area (Å²) in [4.78, 5) is 16.2. The number of rotatable bonds is 4. The average Bonchev–Trinajstić information content (AvgIpc) is 2.98. The molecule has 0 unspecified atom stereocenters. The molecule has 3 aromatic rings. The SMILES string of the molecule is CCCC(=O)NC(=S)Nc1ccc(-c2nc3ccccc3s2)c(Cl)c1.